The van der Waals surface area contributed by atoms with E-state index in [1.54, 1.807) is 16.7 Å². The molecule has 0 aliphatic carbocycles. The fourth-order valence-corrected chi connectivity index (χ4v) is 2.81. The van der Waals surface area contributed by atoms with Crippen LogP contribution in [0.15, 0.2) is 41.0 Å². The molecule has 0 fully saturated rings. The van der Waals surface area contributed by atoms with Gasteiger partial charge in [0.25, 0.3) is 11.6 Å². The number of aromatic nitrogens is 2. The van der Waals surface area contributed by atoms with E-state index < -0.39 is 10.8 Å². The standard InChI is InChI=1S/C16H13BrN4O4/c1-2-11-15(20-8-9(17)3-6-14(20)18-11)16(23)19-12-7-10(21(24)25)4-5-13(12)22/h3-8,22H,2H2,1H3,(H,19,23). The SMILES string of the molecule is CCc1nc2ccc(Br)cn2c1C(=O)Nc1cc([N+](=O)[O-])ccc1O. The second-order valence-electron chi connectivity index (χ2n) is 5.25. The van der Waals surface area contributed by atoms with E-state index in [1.807, 2.05) is 13.0 Å². The van der Waals surface area contributed by atoms with Gasteiger partial charge in [-0.25, -0.2) is 4.98 Å². The lowest BCUT2D eigenvalue weighted by Gasteiger charge is -2.08. The van der Waals surface area contributed by atoms with Gasteiger partial charge >= 0.3 is 0 Å². The lowest BCUT2D eigenvalue weighted by Crippen LogP contribution is -2.16. The summed E-state index contributed by atoms with van der Waals surface area (Å²) < 4.78 is 2.40. The van der Waals surface area contributed by atoms with E-state index in [4.69, 9.17) is 0 Å². The third kappa shape index (κ3) is 3.18. The quantitative estimate of drug-likeness (QED) is 0.392. The van der Waals surface area contributed by atoms with Crippen LogP contribution in [0.3, 0.4) is 0 Å². The molecule has 0 spiro atoms. The van der Waals surface area contributed by atoms with Crippen molar-refractivity contribution in [3.63, 3.8) is 0 Å². The molecule has 9 heteroatoms. The molecule has 3 rings (SSSR count). The average Bonchev–Trinajstić information content (AvgIpc) is 2.94. The number of pyridine rings is 1. The van der Waals surface area contributed by atoms with Gasteiger partial charge in [0.2, 0.25) is 0 Å². The van der Waals surface area contributed by atoms with Gasteiger partial charge in [0.05, 0.1) is 16.3 Å². The fourth-order valence-electron chi connectivity index (χ4n) is 2.47. The molecule has 25 heavy (non-hydrogen) atoms. The molecule has 0 saturated heterocycles. The molecule has 0 saturated carbocycles. The van der Waals surface area contributed by atoms with Crippen LogP contribution >= 0.6 is 15.9 Å². The van der Waals surface area contributed by atoms with Crippen molar-refractivity contribution in [2.75, 3.05) is 5.32 Å². The average molecular weight is 405 g/mol. The van der Waals surface area contributed by atoms with E-state index in [1.165, 1.54) is 6.07 Å². The normalized spacial score (nSPS) is 10.8. The zero-order chi connectivity index (χ0) is 18.1. The van der Waals surface area contributed by atoms with E-state index >= 15 is 0 Å². The predicted octanol–water partition coefficient (Wildman–Crippen LogP) is 3.53. The summed E-state index contributed by atoms with van der Waals surface area (Å²) in [6.07, 6.45) is 2.24. The van der Waals surface area contributed by atoms with Crippen LogP contribution in [0.1, 0.15) is 23.1 Å². The van der Waals surface area contributed by atoms with E-state index in [0.29, 0.717) is 23.5 Å². The minimum atomic E-state index is -0.599. The molecular formula is C16H13BrN4O4. The van der Waals surface area contributed by atoms with Gasteiger partial charge in [0.1, 0.15) is 17.1 Å². The van der Waals surface area contributed by atoms with Gasteiger partial charge in [0.15, 0.2) is 0 Å². The number of non-ortho nitro benzene ring substituents is 1. The Hall–Kier alpha value is -2.94. The van der Waals surface area contributed by atoms with Crippen LogP contribution in [0.4, 0.5) is 11.4 Å². The van der Waals surface area contributed by atoms with Crippen molar-refractivity contribution in [2.24, 2.45) is 0 Å². The number of phenols is 1. The third-order valence-electron chi connectivity index (χ3n) is 3.64. The maximum absolute atomic E-state index is 12.7. The molecule has 0 atom stereocenters. The van der Waals surface area contributed by atoms with Crippen LogP contribution < -0.4 is 5.32 Å². The molecule has 128 valence electrons. The number of carbonyl (C=O) groups is 1. The lowest BCUT2D eigenvalue weighted by atomic mass is 10.2. The summed E-state index contributed by atoms with van der Waals surface area (Å²) in [4.78, 5) is 27.4. The first-order chi connectivity index (χ1) is 11.9. The zero-order valence-corrected chi connectivity index (χ0v) is 14.6. The number of fused-ring (bicyclic) bond motifs is 1. The number of nitrogens with zero attached hydrogens (tertiary/aromatic N) is 3. The highest BCUT2D eigenvalue weighted by molar-refractivity contribution is 9.10. The number of nitro groups is 1. The summed E-state index contributed by atoms with van der Waals surface area (Å²) in [5, 5.41) is 23.3. The Bertz CT molecular complexity index is 999. The number of nitrogens with one attached hydrogen (secondary N) is 1. The van der Waals surface area contributed by atoms with Crippen LogP contribution in [0.5, 0.6) is 5.75 Å². The molecule has 2 N–H and O–H groups in total. The summed E-state index contributed by atoms with van der Waals surface area (Å²) in [6.45, 7) is 1.87. The van der Waals surface area contributed by atoms with Crippen molar-refractivity contribution < 1.29 is 14.8 Å². The highest BCUT2D eigenvalue weighted by atomic mass is 79.9. The molecule has 0 radical (unpaired) electrons. The molecule has 0 aliphatic rings. The van der Waals surface area contributed by atoms with Crippen molar-refractivity contribution in [2.45, 2.75) is 13.3 Å². The number of imidazole rings is 1. The van der Waals surface area contributed by atoms with Crippen molar-refractivity contribution >= 4 is 38.9 Å². The summed E-state index contributed by atoms with van der Waals surface area (Å²) in [6, 6.07) is 7.02. The summed E-state index contributed by atoms with van der Waals surface area (Å²) >= 11 is 3.36. The first kappa shape index (κ1) is 16.9. The van der Waals surface area contributed by atoms with E-state index in [2.05, 4.69) is 26.2 Å². The number of halogens is 1. The van der Waals surface area contributed by atoms with E-state index in [-0.39, 0.29) is 17.1 Å². The van der Waals surface area contributed by atoms with Crippen molar-refractivity contribution in [1.29, 1.82) is 0 Å². The Balaban J connectivity index is 2.05. The highest BCUT2D eigenvalue weighted by Gasteiger charge is 2.20. The van der Waals surface area contributed by atoms with Crippen LogP contribution in [0, 0.1) is 10.1 Å². The minimum absolute atomic E-state index is 0.0359. The topological polar surface area (TPSA) is 110 Å². The van der Waals surface area contributed by atoms with Gasteiger partial charge in [-0.15, -0.1) is 0 Å². The summed E-state index contributed by atoms with van der Waals surface area (Å²) in [7, 11) is 0. The van der Waals surface area contributed by atoms with Crippen molar-refractivity contribution in [1.82, 2.24) is 9.38 Å². The molecule has 1 aromatic carbocycles. The number of rotatable bonds is 4. The number of anilines is 1. The van der Waals surface area contributed by atoms with Gasteiger partial charge in [-0.2, -0.15) is 0 Å². The molecule has 0 bridgehead atoms. The number of amides is 1. The first-order valence-corrected chi connectivity index (χ1v) is 8.15. The second kappa shape index (κ2) is 6.52. The zero-order valence-electron chi connectivity index (χ0n) is 13.1. The minimum Gasteiger partial charge on any atom is -0.506 e. The Morgan fingerprint density at radius 3 is 2.84 bits per heavy atom. The molecule has 2 aromatic heterocycles. The number of hydrogen-bond acceptors (Lipinski definition) is 5. The number of aryl methyl sites for hydroxylation is 1. The summed E-state index contributed by atoms with van der Waals surface area (Å²) in [5.41, 5.74) is 1.23. The number of phenolic OH excluding ortho intramolecular Hbond substituents is 1. The fraction of sp³-hybridized carbons (Fsp3) is 0.125. The number of benzene rings is 1. The van der Waals surface area contributed by atoms with Crippen LogP contribution in [0.25, 0.3) is 5.65 Å². The molecule has 0 aliphatic heterocycles. The number of carbonyl (C=O) groups excluding carboxylic acids is 1. The van der Waals surface area contributed by atoms with Crippen molar-refractivity contribution in [3.8, 4) is 5.75 Å². The van der Waals surface area contributed by atoms with Gasteiger partial charge in [0, 0.05) is 22.8 Å². The number of nitro benzene ring substituents is 1. The number of hydrogen-bond donors (Lipinski definition) is 2. The van der Waals surface area contributed by atoms with E-state index in [9.17, 15) is 20.0 Å². The maximum atomic E-state index is 12.7. The Morgan fingerprint density at radius 1 is 1.40 bits per heavy atom. The maximum Gasteiger partial charge on any atom is 0.274 e. The van der Waals surface area contributed by atoms with Gasteiger partial charge < -0.3 is 10.4 Å². The Kier molecular flexibility index (Phi) is 4.41. The first-order valence-electron chi connectivity index (χ1n) is 7.36. The van der Waals surface area contributed by atoms with Gasteiger partial charge in [-0.05, 0) is 40.5 Å². The molecule has 8 nitrogen and oxygen atoms in total. The van der Waals surface area contributed by atoms with Crippen molar-refractivity contribution in [3.05, 3.63) is 62.5 Å². The molecule has 2 heterocycles. The van der Waals surface area contributed by atoms with Crippen LogP contribution in [-0.2, 0) is 6.42 Å². The largest absolute Gasteiger partial charge is 0.506 e. The van der Waals surface area contributed by atoms with Gasteiger partial charge in [-0.1, -0.05) is 6.92 Å². The Morgan fingerprint density at radius 2 is 2.16 bits per heavy atom. The molecule has 1 amide bonds. The second-order valence-corrected chi connectivity index (χ2v) is 6.16. The smallest absolute Gasteiger partial charge is 0.274 e. The third-order valence-corrected chi connectivity index (χ3v) is 4.11. The number of aromatic hydroxyl groups is 1. The van der Waals surface area contributed by atoms with Gasteiger partial charge in [-0.3, -0.25) is 19.3 Å². The van der Waals surface area contributed by atoms with Crippen LogP contribution in [0.2, 0.25) is 0 Å². The predicted molar refractivity (Wildman–Crippen MR) is 95.0 cm³/mol. The van der Waals surface area contributed by atoms with E-state index in [0.717, 1.165) is 16.6 Å². The lowest BCUT2D eigenvalue weighted by molar-refractivity contribution is -0.384. The molecular weight excluding hydrogens is 392 g/mol. The molecule has 0 unspecified atom stereocenters. The monoisotopic (exact) mass is 404 g/mol. The Labute approximate surface area is 150 Å². The molecule has 3 aromatic rings. The highest BCUT2D eigenvalue weighted by Crippen LogP contribution is 2.29. The van der Waals surface area contributed by atoms with Crippen LogP contribution in [-0.4, -0.2) is 25.3 Å². The summed E-state index contributed by atoms with van der Waals surface area (Å²) in [5.74, 6) is -0.773.